The summed E-state index contributed by atoms with van der Waals surface area (Å²) in [6.07, 6.45) is 5.49. The number of rotatable bonds is 8. The van der Waals surface area contributed by atoms with E-state index in [0.717, 1.165) is 0 Å². The SMILES string of the molecule is CCOc1ccccc1NC(=O)C1CCN(S(=O)(=O)c2c(C)noc2/C=C/c2ccco2)CC1. The van der Waals surface area contributed by atoms with E-state index in [1.165, 1.54) is 16.6 Å². The van der Waals surface area contributed by atoms with Crippen LogP contribution in [-0.2, 0) is 14.8 Å². The van der Waals surface area contributed by atoms with Crippen molar-refractivity contribution < 1.29 is 26.9 Å². The van der Waals surface area contributed by atoms with Crippen molar-refractivity contribution >= 4 is 33.8 Å². The number of carbonyl (C=O) groups excluding carboxylic acids is 1. The smallest absolute Gasteiger partial charge is 0.248 e. The molecule has 180 valence electrons. The first kappa shape index (κ1) is 23.8. The summed E-state index contributed by atoms with van der Waals surface area (Å²) in [4.78, 5) is 12.9. The van der Waals surface area contributed by atoms with Crippen molar-refractivity contribution in [1.82, 2.24) is 9.46 Å². The van der Waals surface area contributed by atoms with Crippen LogP contribution in [0, 0.1) is 12.8 Å². The van der Waals surface area contributed by atoms with E-state index in [2.05, 4.69) is 10.5 Å². The van der Waals surface area contributed by atoms with Crippen LogP contribution in [-0.4, -0.2) is 43.5 Å². The molecule has 1 aliphatic rings. The van der Waals surface area contributed by atoms with Gasteiger partial charge in [-0.05, 0) is 63.1 Å². The van der Waals surface area contributed by atoms with Gasteiger partial charge in [0.05, 0.1) is 18.6 Å². The lowest BCUT2D eigenvalue weighted by Gasteiger charge is -2.30. The number of nitrogens with zero attached hydrogens (tertiary/aromatic N) is 2. The van der Waals surface area contributed by atoms with Crippen LogP contribution in [0.5, 0.6) is 5.75 Å². The summed E-state index contributed by atoms with van der Waals surface area (Å²) < 4.78 is 44.2. The molecule has 0 bridgehead atoms. The number of benzene rings is 1. The Kier molecular flexibility index (Phi) is 7.18. The number of ether oxygens (including phenoxy) is 1. The predicted octanol–water partition coefficient (Wildman–Crippen LogP) is 4.18. The molecule has 1 N–H and O–H groups in total. The van der Waals surface area contributed by atoms with Gasteiger partial charge in [0.15, 0.2) is 10.7 Å². The Morgan fingerprint density at radius 3 is 2.68 bits per heavy atom. The van der Waals surface area contributed by atoms with Gasteiger partial charge < -0.3 is 19.0 Å². The number of hydrogen-bond acceptors (Lipinski definition) is 7. The zero-order valence-corrected chi connectivity index (χ0v) is 19.9. The minimum absolute atomic E-state index is 0.0313. The van der Waals surface area contributed by atoms with Crippen molar-refractivity contribution in [3.05, 3.63) is 59.9 Å². The minimum atomic E-state index is -3.85. The number of para-hydroxylation sites is 2. The van der Waals surface area contributed by atoms with E-state index in [1.54, 1.807) is 37.3 Å². The Labute approximate surface area is 198 Å². The number of piperidine rings is 1. The summed E-state index contributed by atoms with van der Waals surface area (Å²) in [6.45, 7) is 4.41. The molecular formula is C24H27N3O6S. The Bertz CT molecular complexity index is 1260. The van der Waals surface area contributed by atoms with Crippen LogP contribution in [0.25, 0.3) is 12.2 Å². The van der Waals surface area contributed by atoms with E-state index in [4.69, 9.17) is 13.7 Å². The minimum Gasteiger partial charge on any atom is -0.492 e. The number of anilines is 1. The van der Waals surface area contributed by atoms with Gasteiger partial charge in [-0.1, -0.05) is 17.3 Å². The highest BCUT2D eigenvalue weighted by atomic mass is 32.2. The quantitative estimate of drug-likeness (QED) is 0.509. The molecule has 0 atom stereocenters. The average Bonchev–Trinajstić information content (AvgIpc) is 3.49. The van der Waals surface area contributed by atoms with E-state index in [-0.39, 0.29) is 41.3 Å². The molecule has 1 saturated heterocycles. The Balaban J connectivity index is 1.43. The number of aromatic nitrogens is 1. The molecule has 1 fully saturated rings. The molecule has 0 radical (unpaired) electrons. The molecule has 1 amide bonds. The first-order valence-corrected chi connectivity index (χ1v) is 12.5. The number of amides is 1. The number of sulfonamides is 1. The fraction of sp³-hybridized carbons (Fsp3) is 0.333. The standard InChI is InChI=1S/C24H27N3O6S/c1-3-31-21-9-5-4-8-20(21)25-24(28)18-12-14-27(15-13-18)34(29,30)23-17(2)26-33-22(23)11-10-19-7-6-16-32-19/h4-11,16,18H,3,12-15H2,1-2H3,(H,25,28)/b11-10+. The van der Waals surface area contributed by atoms with E-state index in [9.17, 15) is 13.2 Å². The zero-order chi connectivity index (χ0) is 24.1. The Hall–Kier alpha value is -3.37. The van der Waals surface area contributed by atoms with Gasteiger partial charge in [0.25, 0.3) is 0 Å². The molecule has 0 spiro atoms. The van der Waals surface area contributed by atoms with Crippen LogP contribution >= 0.6 is 0 Å². The summed E-state index contributed by atoms with van der Waals surface area (Å²) in [5.41, 5.74) is 0.893. The molecule has 0 aliphatic carbocycles. The third-order valence-corrected chi connectivity index (χ3v) is 7.70. The second-order valence-corrected chi connectivity index (χ2v) is 9.78. The van der Waals surface area contributed by atoms with Crippen LogP contribution in [0.1, 0.15) is 37.0 Å². The first-order chi connectivity index (χ1) is 16.4. The van der Waals surface area contributed by atoms with Gasteiger partial charge in [-0.25, -0.2) is 8.42 Å². The third-order valence-electron chi connectivity index (χ3n) is 5.64. The molecule has 10 heteroatoms. The second kappa shape index (κ2) is 10.3. The summed E-state index contributed by atoms with van der Waals surface area (Å²) in [5.74, 6) is 0.864. The van der Waals surface area contributed by atoms with E-state index < -0.39 is 10.0 Å². The Morgan fingerprint density at radius 1 is 1.21 bits per heavy atom. The molecule has 4 rings (SSSR count). The molecular weight excluding hydrogens is 458 g/mol. The maximum absolute atomic E-state index is 13.4. The van der Waals surface area contributed by atoms with Crippen molar-refractivity contribution in [3.63, 3.8) is 0 Å². The fourth-order valence-electron chi connectivity index (χ4n) is 3.92. The largest absolute Gasteiger partial charge is 0.492 e. The van der Waals surface area contributed by atoms with Crippen LogP contribution in [0.3, 0.4) is 0 Å². The third kappa shape index (κ3) is 5.07. The number of aryl methyl sites for hydroxylation is 1. The Morgan fingerprint density at radius 2 is 1.97 bits per heavy atom. The molecule has 1 aliphatic heterocycles. The molecule has 3 aromatic rings. The summed E-state index contributed by atoms with van der Waals surface area (Å²) in [7, 11) is -3.85. The lowest BCUT2D eigenvalue weighted by Crippen LogP contribution is -2.41. The number of nitrogens with one attached hydrogen (secondary N) is 1. The van der Waals surface area contributed by atoms with Gasteiger partial charge in [-0.15, -0.1) is 0 Å². The number of hydrogen-bond donors (Lipinski definition) is 1. The summed E-state index contributed by atoms with van der Waals surface area (Å²) in [5, 5.41) is 6.77. The summed E-state index contributed by atoms with van der Waals surface area (Å²) in [6, 6.07) is 10.7. The number of furan rings is 1. The molecule has 2 aromatic heterocycles. The first-order valence-electron chi connectivity index (χ1n) is 11.1. The highest BCUT2D eigenvalue weighted by Gasteiger charge is 2.36. The zero-order valence-electron chi connectivity index (χ0n) is 19.1. The summed E-state index contributed by atoms with van der Waals surface area (Å²) >= 11 is 0. The molecule has 3 heterocycles. The maximum Gasteiger partial charge on any atom is 0.248 e. The van der Waals surface area contributed by atoms with Crippen LogP contribution < -0.4 is 10.1 Å². The van der Waals surface area contributed by atoms with Crippen molar-refractivity contribution in [1.29, 1.82) is 0 Å². The molecule has 34 heavy (non-hydrogen) atoms. The highest BCUT2D eigenvalue weighted by Crippen LogP contribution is 2.30. The van der Waals surface area contributed by atoms with E-state index in [1.807, 2.05) is 19.1 Å². The van der Waals surface area contributed by atoms with Gasteiger partial charge in [-0.2, -0.15) is 4.31 Å². The van der Waals surface area contributed by atoms with Gasteiger partial charge in [-0.3, -0.25) is 4.79 Å². The lowest BCUT2D eigenvalue weighted by atomic mass is 9.97. The van der Waals surface area contributed by atoms with Gasteiger partial charge in [0.2, 0.25) is 15.9 Å². The fourth-order valence-corrected chi connectivity index (χ4v) is 5.64. The second-order valence-electron chi connectivity index (χ2n) is 7.91. The van der Waals surface area contributed by atoms with Crippen molar-refractivity contribution in [2.24, 2.45) is 5.92 Å². The monoisotopic (exact) mass is 485 g/mol. The predicted molar refractivity (Wildman–Crippen MR) is 127 cm³/mol. The lowest BCUT2D eigenvalue weighted by molar-refractivity contribution is -0.120. The van der Waals surface area contributed by atoms with Crippen molar-refractivity contribution in [2.75, 3.05) is 25.0 Å². The van der Waals surface area contributed by atoms with Gasteiger partial charge in [0, 0.05) is 19.0 Å². The normalized spacial score (nSPS) is 15.6. The van der Waals surface area contributed by atoms with Gasteiger partial charge in [0.1, 0.15) is 17.2 Å². The van der Waals surface area contributed by atoms with Crippen molar-refractivity contribution in [3.8, 4) is 5.75 Å². The van der Waals surface area contributed by atoms with Crippen molar-refractivity contribution in [2.45, 2.75) is 31.6 Å². The van der Waals surface area contributed by atoms with E-state index in [0.29, 0.717) is 36.6 Å². The molecule has 0 unspecified atom stereocenters. The number of carbonyl (C=O) groups is 1. The molecule has 9 nitrogen and oxygen atoms in total. The topological polar surface area (TPSA) is 115 Å². The highest BCUT2D eigenvalue weighted by molar-refractivity contribution is 7.89. The van der Waals surface area contributed by atoms with Crippen LogP contribution in [0.4, 0.5) is 5.69 Å². The van der Waals surface area contributed by atoms with Crippen LogP contribution in [0.2, 0.25) is 0 Å². The van der Waals surface area contributed by atoms with Gasteiger partial charge >= 0.3 is 0 Å². The maximum atomic E-state index is 13.4. The van der Waals surface area contributed by atoms with E-state index >= 15 is 0 Å². The molecule has 0 saturated carbocycles. The average molecular weight is 486 g/mol. The molecule has 1 aromatic carbocycles. The van der Waals surface area contributed by atoms with Crippen LogP contribution in [0.15, 0.2) is 56.5 Å².